The lowest BCUT2D eigenvalue weighted by Crippen LogP contribution is -2.38. The standard InChI is InChI=1S/C29H23NO5/c31-26(32)18-30(19-27(33)34)25-17-20-9-7-8-14-23(20)24-15-16-29(35-28(24)25,21-10-3-1-4-11-21)22-12-5-2-6-13-22/h1-17H,18-19H2,(H,31,32)(H,33,34). The zero-order valence-electron chi connectivity index (χ0n) is 18.8. The van der Waals surface area contributed by atoms with Crippen LogP contribution in [-0.4, -0.2) is 35.2 Å². The molecule has 0 bridgehead atoms. The molecule has 4 aromatic rings. The maximum atomic E-state index is 11.7. The molecule has 0 spiro atoms. The van der Waals surface area contributed by atoms with Crippen molar-refractivity contribution in [1.29, 1.82) is 0 Å². The van der Waals surface area contributed by atoms with Crippen LogP contribution in [0.1, 0.15) is 16.7 Å². The van der Waals surface area contributed by atoms with Crippen LogP contribution in [0.3, 0.4) is 0 Å². The average Bonchev–Trinajstić information content (AvgIpc) is 2.88. The molecule has 2 N–H and O–H groups in total. The topological polar surface area (TPSA) is 87.1 Å². The quantitative estimate of drug-likeness (QED) is 0.392. The van der Waals surface area contributed by atoms with Gasteiger partial charge in [-0.1, -0.05) is 84.9 Å². The fourth-order valence-corrected chi connectivity index (χ4v) is 4.65. The van der Waals surface area contributed by atoms with Crippen LogP contribution in [0.5, 0.6) is 5.75 Å². The van der Waals surface area contributed by atoms with Crippen LogP contribution in [0.15, 0.2) is 97.1 Å². The number of carboxylic acids is 2. The van der Waals surface area contributed by atoms with E-state index in [9.17, 15) is 19.8 Å². The maximum Gasteiger partial charge on any atom is 0.323 e. The summed E-state index contributed by atoms with van der Waals surface area (Å²) < 4.78 is 6.86. The SMILES string of the molecule is O=C(O)CN(CC(=O)O)c1cc2ccccc2c2c1OC(c1ccccc1)(c1ccccc1)C=C2. The minimum Gasteiger partial charge on any atom is -0.480 e. The number of benzene rings is 4. The van der Waals surface area contributed by atoms with E-state index in [4.69, 9.17) is 4.74 Å². The second kappa shape index (κ2) is 8.99. The Hall–Kier alpha value is -4.58. The fourth-order valence-electron chi connectivity index (χ4n) is 4.65. The van der Waals surface area contributed by atoms with Crippen LogP contribution >= 0.6 is 0 Å². The molecule has 174 valence electrons. The largest absolute Gasteiger partial charge is 0.480 e. The number of anilines is 1. The van der Waals surface area contributed by atoms with E-state index in [1.165, 1.54) is 4.90 Å². The minimum absolute atomic E-state index is 0.420. The van der Waals surface area contributed by atoms with Gasteiger partial charge < -0.3 is 19.8 Å². The van der Waals surface area contributed by atoms with Crippen LogP contribution in [-0.2, 0) is 15.2 Å². The first-order valence-electron chi connectivity index (χ1n) is 11.2. The van der Waals surface area contributed by atoms with Gasteiger partial charge in [-0.2, -0.15) is 0 Å². The zero-order chi connectivity index (χ0) is 24.4. The van der Waals surface area contributed by atoms with Crippen LogP contribution in [0, 0.1) is 0 Å². The van der Waals surface area contributed by atoms with Crippen molar-refractivity contribution in [3.63, 3.8) is 0 Å². The highest BCUT2D eigenvalue weighted by Crippen LogP contribution is 2.48. The van der Waals surface area contributed by atoms with Crippen LogP contribution in [0.4, 0.5) is 5.69 Å². The lowest BCUT2D eigenvalue weighted by molar-refractivity contribution is -0.136. The highest BCUT2D eigenvalue weighted by atomic mass is 16.5. The molecule has 1 aliphatic heterocycles. The highest BCUT2D eigenvalue weighted by molar-refractivity contribution is 5.99. The number of nitrogens with zero attached hydrogens (tertiary/aromatic N) is 1. The number of fused-ring (bicyclic) bond motifs is 3. The number of rotatable bonds is 7. The van der Waals surface area contributed by atoms with Crippen molar-refractivity contribution < 1.29 is 24.5 Å². The van der Waals surface area contributed by atoms with Gasteiger partial charge in [-0.3, -0.25) is 9.59 Å². The number of carbonyl (C=O) groups is 2. The van der Waals surface area contributed by atoms with Gasteiger partial charge >= 0.3 is 11.9 Å². The summed E-state index contributed by atoms with van der Waals surface area (Å²) in [6.07, 6.45) is 4.00. The molecule has 6 nitrogen and oxygen atoms in total. The predicted molar refractivity (Wildman–Crippen MR) is 135 cm³/mol. The molecule has 0 aromatic heterocycles. The van der Waals surface area contributed by atoms with Crippen molar-refractivity contribution in [2.45, 2.75) is 5.60 Å². The van der Waals surface area contributed by atoms with Crippen molar-refractivity contribution in [3.8, 4) is 5.75 Å². The monoisotopic (exact) mass is 465 g/mol. The smallest absolute Gasteiger partial charge is 0.323 e. The normalized spacial score (nSPS) is 13.6. The predicted octanol–water partition coefficient (Wildman–Crippen LogP) is 5.16. The van der Waals surface area contributed by atoms with Crippen LogP contribution < -0.4 is 9.64 Å². The van der Waals surface area contributed by atoms with Crippen molar-refractivity contribution in [1.82, 2.24) is 0 Å². The molecule has 35 heavy (non-hydrogen) atoms. The lowest BCUT2D eigenvalue weighted by atomic mass is 9.83. The van der Waals surface area contributed by atoms with Gasteiger partial charge in [0.15, 0.2) is 11.4 Å². The van der Waals surface area contributed by atoms with Crippen molar-refractivity contribution >= 4 is 34.5 Å². The van der Waals surface area contributed by atoms with Gasteiger partial charge in [0, 0.05) is 16.7 Å². The van der Waals surface area contributed by atoms with Crippen molar-refractivity contribution in [2.75, 3.05) is 18.0 Å². The van der Waals surface area contributed by atoms with Gasteiger partial charge in [-0.15, -0.1) is 0 Å². The zero-order valence-corrected chi connectivity index (χ0v) is 18.8. The van der Waals surface area contributed by atoms with E-state index >= 15 is 0 Å². The van der Waals surface area contributed by atoms with E-state index < -0.39 is 30.6 Å². The van der Waals surface area contributed by atoms with Crippen molar-refractivity contribution in [3.05, 3.63) is 114 Å². The maximum absolute atomic E-state index is 11.7. The third kappa shape index (κ3) is 4.10. The van der Waals surface area contributed by atoms with E-state index in [-0.39, 0.29) is 0 Å². The third-order valence-electron chi connectivity index (χ3n) is 6.17. The first kappa shape index (κ1) is 22.2. The summed E-state index contributed by atoms with van der Waals surface area (Å²) in [5, 5.41) is 20.9. The molecule has 0 atom stereocenters. The number of aliphatic carboxylic acids is 2. The minimum atomic E-state index is -1.13. The van der Waals surface area contributed by atoms with Gasteiger partial charge in [0.1, 0.15) is 13.1 Å². The molecule has 0 fully saturated rings. The molecule has 0 amide bonds. The summed E-state index contributed by atoms with van der Waals surface area (Å²) in [5.41, 5.74) is 2.01. The van der Waals surface area contributed by atoms with Gasteiger partial charge in [-0.05, 0) is 29.0 Å². The fraction of sp³-hybridized carbons (Fsp3) is 0.103. The summed E-state index contributed by atoms with van der Waals surface area (Å²) in [6.45, 7) is -0.957. The Morgan fingerprint density at radius 3 is 1.89 bits per heavy atom. The molecule has 0 saturated heterocycles. The Balaban J connectivity index is 1.78. The van der Waals surface area contributed by atoms with E-state index in [2.05, 4.69) is 0 Å². The molecule has 4 aromatic carbocycles. The first-order chi connectivity index (χ1) is 17.0. The number of carboxylic acid groups (broad SMARTS) is 2. The van der Waals surface area contributed by atoms with Gasteiger partial charge in [0.2, 0.25) is 0 Å². The number of hydrogen-bond acceptors (Lipinski definition) is 4. The second-order valence-corrected chi connectivity index (χ2v) is 8.41. The molecule has 0 aliphatic carbocycles. The summed E-state index contributed by atoms with van der Waals surface area (Å²) in [7, 11) is 0. The Morgan fingerprint density at radius 1 is 0.771 bits per heavy atom. The Labute approximate surface area is 202 Å². The van der Waals surface area contributed by atoms with E-state index in [1.807, 2.05) is 97.1 Å². The summed E-state index contributed by atoms with van der Waals surface area (Å²) in [5.74, 6) is -1.81. The molecular formula is C29H23NO5. The molecule has 0 radical (unpaired) electrons. The summed E-state index contributed by atoms with van der Waals surface area (Å²) in [4.78, 5) is 24.7. The molecular weight excluding hydrogens is 442 g/mol. The van der Waals surface area contributed by atoms with Crippen LogP contribution in [0.2, 0.25) is 0 Å². The van der Waals surface area contributed by atoms with E-state index in [1.54, 1.807) is 6.07 Å². The molecule has 0 saturated carbocycles. The molecule has 0 unspecified atom stereocenters. The van der Waals surface area contributed by atoms with Crippen LogP contribution in [0.25, 0.3) is 16.8 Å². The molecule has 5 rings (SSSR count). The van der Waals surface area contributed by atoms with E-state index in [0.717, 1.165) is 27.5 Å². The third-order valence-corrected chi connectivity index (χ3v) is 6.17. The Kier molecular flexibility index (Phi) is 5.71. The second-order valence-electron chi connectivity index (χ2n) is 8.41. The number of hydrogen-bond donors (Lipinski definition) is 2. The van der Waals surface area contributed by atoms with Crippen molar-refractivity contribution in [2.24, 2.45) is 0 Å². The molecule has 6 heteroatoms. The lowest BCUT2D eigenvalue weighted by Gasteiger charge is -2.38. The summed E-state index contributed by atoms with van der Waals surface area (Å²) in [6, 6.07) is 29.1. The van der Waals surface area contributed by atoms with Gasteiger partial charge in [0.25, 0.3) is 0 Å². The highest BCUT2D eigenvalue weighted by Gasteiger charge is 2.39. The first-order valence-corrected chi connectivity index (χ1v) is 11.2. The molecule has 1 heterocycles. The Morgan fingerprint density at radius 2 is 1.31 bits per heavy atom. The summed E-state index contributed by atoms with van der Waals surface area (Å²) >= 11 is 0. The van der Waals surface area contributed by atoms with Gasteiger partial charge in [0.05, 0.1) is 5.69 Å². The van der Waals surface area contributed by atoms with E-state index in [0.29, 0.717) is 11.4 Å². The average molecular weight is 466 g/mol. The molecule has 1 aliphatic rings. The number of ether oxygens (including phenoxy) is 1. The Bertz CT molecular complexity index is 1370. The van der Waals surface area contributed by atoms with Gasteiger partial charge in [-0.25, -0.2) is 0 Å².